The van der Waals surface area contributed by atoms with Crippen molar-refractivity contribution in [2.75, 3.05) is 0 Å². The van der Waals surface area contributed by atoms with Crippen LogP contribution in [-0.4, -0.2) is 25.2 Å². The molecular weight excluding hydrogens is 436 g/mol. The minimum atomic E-state index is -1.50. The Morgan fingerprint density at radius 3 is 1.96 bits per heavy atom. The van der Waals surface area contributed by atoms with Crippen LogP contribution in [0.4, 0.5) is 0 Å². The molecule has 8 heteroatoms. The van der Waals surface area contributed by atoms with Crippen LogP contribution in [0.15, 0.2) is 67.4 Å². The quantitative estimate of drug-likeness (QED) is 0.478. The van der Waals surface area contributed by atoms with Gasteiger partial charge in [0, 0.05) is 97.1 Å². The third-order valence-electron chi connectivity index (χ3n) is 2.72. The van der Waals surface area contributed by atoms with E-state index in [0.29, 0.717) is 0 Å². The number of hydrogen-bond donors (Lipinski definition) is 1. The van der Waals surface area contributed by atoms with Crippen molar-refractivity contribution in [1.29, 1.82) is 0 Å². The molecule has 3 aromatic rings. The SMILES string of the molecule is O=[N+]([O-])O.[Eu].c1cncc(-c2cccnc2-c2cccnc2)c1. The van der Waals surface area contributed by atoms with E-state index in [2.05, 4.69) is 15.0 Å². The minimum Gasteiger partial charge on any atom is -0.328 e. The standard InChI is InChI=1S/C15H11N3.Eu.HNO3/c1-4-12(10-16-7-1)14-6-3-9-18-15(14)13-5-2-8-17-11-13;;2-1(3)4/h1-11H;;(H,2,3,4). The molecule has 7 nitrogen and oxygen atoms in total. The third kappa shape index (κ3) is 6.09. The van der Waals surface area contributed by atoms with Crippen LogP contribution in [0.25, 0.3) is 22.4 Å². The van der Waals surface area contributed by atoms with Crippen molar-refractivity contribution >= 4 is 0 Å². The van der Waals surface area contributed by atoms with Gasteiger partial charge in [-0.15, -0.1) is 10.1 Å². The van der Waals surface area contributed by atoms with E-state index < -0.39 is 5.09 Å². The van der Waals surface area contributed by atoms with Crippen LogP contribution in [0, 0.1) is 59.5 Å². The van der Waals surface area contributed by atoms with Crippen molar-refractivity contribution in [2.45, 2.75) is 0 Å². The van der Waals surface area contributed by atoms with Crippen molar-refractivity contribution in [3.63, 3.8) is 0 Å². The van der Waals surface area contributed by atoms with E-state index >= 15 is 0 Å². The Bertz CT molecular complexity index is 679. The van der Waals surface area contributed by atoms with Crippen LogP contribution in [0.2, 0.25) is 0 Å². The number of hydrogen-bond acceptors (Lipinski definition) is 5. The Labute approximate surface area is 173 Å². The summed E-state index contributed by atoms with van der Waals surface area (Å²) in [5.41, 5.74) is 4.07. The molecule has 117 valence electrons. The molecule has 0 saturated carbocycles. The van der Waals surface area contributed by atoms with Crippen LogP contribution in [0.3, 0.4) is 0 Å². The summed E-state index contributed by atoms with van der Waals surface area (Å²) in [4.78, 5) is 21.1. The van der Waals surface area contributed by atoms with Gasteiger partial charge in [-0.1, -0.05) is 12.1 Å². The van der Waals surface area contributed by atoms with Crippen LogP contribution in [-0.2, 0) is 0 Å². The van der Waals surface area contributed by atoms with E-state index in [4.69, 9.17) is 15.3 Å². The van der Waals surface area contributed by atoms with Gasteiger partial charge >= 0.3 is 0 Å². The third-order valence-corrected chi connectivity index (χ3v) is 2.72. The Morgan fingerprint density at radius 1 is 0.913 bits per heavy atom. The van der Waals surface area contributed by atoms with Crippen LogP contribution < -0.4 is 0 Å². The van der Waals surface area contributed by atoms with Gasteiger partial charge in [0.15, 0.2) is 0 Å². The fourth-order valence-electron chi connectivity index (χ4n) is 1.89. The van der Waals surface area contributed by atoms with Crippen LogP contribution in [0.1, 0.15) is 0 Å². The number of aromatic nitrogens is 3. The van der Waals surface area contributed by atoms with E-state index in [1.54, 1.807) is 18.6 Å². The summed E-state index contributed by atoms with van der Waals surface area (Å²) in [5, 5.41) is 13.6. The monoisotopic (exact) mass is 449 g/mol. The molecule has 0 aliphatic carbocycles. The van der Waals surface area contributed by atoms with Crippen molar-refractivity contribution in [3.8, 4) is 22.4 Å². The van der Waals surface area contributed by atoms with E-state index in [9.17, 15) is 0 Å². The van der Waals surface area contributed by atoms with Gasteiger partial charge in [-0.05, 0) is 24.3 Å². The minimum absolute atomic E-state index is 0. The Hall–Kier alpha value is -1.77. The molecular formula is C15H12EuN4O3. The summed E-state index contributed by atoms with van der Waals surface area (Å²) in [7, 11) is 0. The van der Waals surface area contributed by atoms with E-state index in [1.807, 2.05) is 48.8 Å². The molecule has 0 fully saturated rings. The Kier molecular flexibility index (Phi) is 8.46. The molecule has 0 amide bonds. The van der Waals surface area contributed by atoms with Gasteiger partial charge in [0.1, 0.15) is 0 Å². The first-order valence-electron chi connectivity index (χ1n) is 6.27. The molecule has 0 spiro atoms. The molecule has 0 unspecified atom stereocenters. The van der Waals surface area contributed by atoms with Gasteiger partial charge in [0.2, 0.25) is 0 Å². The first-order valence-corrected chi connectivity index (χ1v) is 6.27. The summed E-state index contributed by atoms with van der Waals surface area (Å²) >= 11 is 0. The number of pyridine rings is 3. The normalized spacial score (nSPS) is 9.04. The predicted molar refractivity (Wildman–Crippen MR) is 79.5 cm³/mol. The van der Waals surface area contributed by atoms with Gasteiger partial charge < -0.3 is 5.21 Å². The van der Waals surface area contributed by atoms with Crippen LogP contribution in [0.5, 0.6) is 0 Å². The maximum atomic E-state index is 8.36. The van der Waals surface area contributed by atoms with E-state index in [1.165, 1.54) is 0 Å². The molecule has 1 N–H and O–H groups in total. The summed E-state index contributed by atoms with van der Waals surface area (Å²) in [5.74, 6) is 0. The summed E-state index contributed by atoms with van der Waals surface area (Å²) in [6, 6.07) is 11.9. The first-order chi connectivity index (χ1) is 10.7. The maximum absolute atomic E-state index is 8.36. The van der Waals surface area contributed by atoms with Gasteiger partial charge in [-0.2, -0.15) is 0 Å². The topological polar surface area (TPSA) is 102 Å². The molecule has 0 saturated heterocycles. The molecule has 3 aromatic heterocycles. The smallest absolute Gasteiger partial charge is 0.291 e. The van der Waals surface area contributed by atoms with Crippen molar-refractivity contribution in [2.24, 2.45) is 0 Å². The average molecular weight is 448 g/mol. The molecule has 3 heterocycles. The van der Waals surface area contributed by atoms with Crippen LogP contribution >= 0.6 is 0 Å². The molecule has 23 heavy (non-hydrogen) atoms. The second-order valence-electron chi connectivity index (χ2n) is 4.12. The first kappa shape index (κ1) is 19.3. The summed E-state index contributed by atoms with van der Waals surface area (Å²) < 4.78 is 0. The van der Waals surface area contributed by atoms with Gasteiger partial charge in [-0.3, -0.25) is 15.0 Å². The second kappa shape index (κ2) is 10.1. The molecule has 0 aliphatic rings. The van der Waals surface area contributed by atoms with Gasteiger partial charge in [-0.25, -0.2) is 0 Å². The number of rotatable bonds is 2. The summed E-state index contributed by atoms with van der Waals surface area (Å²) in [6.45, 7) is 0. The zero-order valence-electron chi connectivity index (χ0n) is 11.8. The Balaban J connectivity index is 0.000000478. The fraction of sp³-hybridized carbons (Fsp3) is 0. The van der Waals surface area contributed by atoms with Gasteiger partial charge in [0.05, 0.1) is 5.69 Å². The Morgan fingerprint density at radius 2 is 1.43 bits per heavy atom. The zero-order valence-corrected chi connectivity index (χ0v) is 14.2. The molecule has 0 aromatic carbocycles. The molecule has 0 atom stereocenters. The van der Waals surface area contributed by atoms with Gasteiger partial charge in [0.25, 0.3) is 5.09 Å². The maximum Gasteiger partial charge on any atom is 0.291 e. The summed E-state index contributed by atoms with van der Waals surface area (Å²) in [6.07, 6.45) is 8.99. The number of nitrogens with zero attached hydrogens (tertiary/aromatic N) is 4. The molecule has 0 bridgehead atoms. The fourth-order valence-corrected chi connectivity index (χ4v) is 1.89. The molecule has 3 rings (SSSR count). The average Bonchev–Trinajstić information content (AvgIpc) is 2.56. The second-order valence-corrected chi connectivity index (χ2v) is 4.12. The van der Waals surface area contributed by atoms with Crippen molar-refractivity contribution < 1.29 is 59.7 Å². The van der Waals surface area contributed by atoms with Crippen molar-refractivity contribution in [1.82, 2.24) is 15.0 Å². The molecule has 0 aliphatic heterocycles. The van der Waals surface area contributed by atoms with Crippen molar-refractivity contribution in [3.05, 3.63) is 77.5 Å². The molecule has 1 radical (unpaired) electrons. The zero-order chi connectivity index (χ0) is 15.8. The predicted octanol–water partition coefficient (Wildman–Crippen LogP) is 2.86. The van der Waals surface area contributed by atoms with E-state index in [0.717, 1.165) is 22.4 Å². The largest absolute Gasteiger partial charge is 0.328 e. The van der Waals surface area contributed by atoms with E-state index in [-0.39, 0.29) is 49.4 Å².